The quantitative estimate of drug-likeness (QED) is 0.648. The smallest absolute Gasteiger partial charge is 0.338 e. The first-order valence-corrected chi connectivity index (χ1v) is 11.8. The highest BCUT2D eigenvalue weighted by Gasteiger charge is 2.27. The number of carbonyl (C=O) groups is 2. The Bertz CT molecular complexity index is 803. The molecule has 2 rings (SSSR count). The van der Waals surface area contributed by atoms with Crippen molar-refractivity contribution in [3.05, 3.63) is 29.8 Å². The summed E-state index contributed by atoms with van der Waals surface area (Å²) in [5.41, 5.74) is 0.203. The van der Waals surface area contributed by atoms with E-state index in [4.69, 9.17) is 4.74 Å². The molecule has 1 saturated carbocycles. The van der Waals surface area contributed by atoms with E-state index < -0.39 is 22.1 Å². The molecule has 1 N–H and O–H groups in total. The Hall–Kier alpha value is -1.93. The second-order valence-corrected chi connectivity index (χ2v) is 9.48. The molecule has 162 valence electrons. The lowest BCUT2D eigenvalue weighted by Gasteiger charge is -2.30. The van der Waals surface area contributed by atoms with Gasteiger partial charge in [0.1, 0.15) is 0 Å². The second kappa shape index (κ2) is 10.2. The predicted molar refractivity (Wildman–Crippen MR) is 111 cm³/mol. The topological polar surface area (TPSA) is 92.8 Å². The van der Waals surface area contributed by atoms with E-state index in [1.807, 2.05) is 0 Å². The number of nitrogens with zero attached hydrogens (tertiary/aromatic N) is 1. The Morgan fingerprint density at radius 1 is 1.14 bits per heavy atom. The molecule has 3 atom stereocenters. The first kappa shape index (κ1) is 23.3. The van der Waals surface area contributed by atoms with Gasteiger partial charge in [-0.05, 0) is 49.9 Å². The molecule has 8 heteroatoms. The minimum atomic E-state index is -3.58. The van der Waals surface area contributed by atoms with Gasteiger partial charge in [0.25, 0.3) is 5.91 Å². The van der Waals surface area contributed by atoms with Crippen LogP contribution in [0.15, 0.2) is 29.2 Å². The fourth-order valence-corrected chi connectivity index (χ4v) is 5.05. The molecule has 1 fully saturated rings. The lowest BCUT2D eigenvalue weighted by Crippen LogP contribution is -2.45. The maximum absolute atomic E-state index is 12.5. The molecule has 0 aromatic heterocycles. The van der Waals surface area contributed by atoms with Gasteiger partial charge < -0.3 is 10.1 Å². The fraction of sp³-hybridized carbons (Fsp3) is 0.619. The second-order valence-electron chi connectivity index (χ2n) is 7.54. The molecule has 1 aromatic carbocycles. The number of sulfonamides is 1. The van der Waals surface area contributed by atoms with Crippen molar-refractivity contribution < 1.29 is 22.7 Å². The average Bonchev–Trinajstić information content (AvgIpc) is 2.70. The summed E-state index contributed by atoms with van der Waals surface area (Å²) in [6, 6.07) is 5.71. The van der Waals surface area contributed by atoms with E-state index in [0.29, 0.717) is 19.0 Å². The molecule has 0 unspecified atom stereocenters. The zero-order valence-electron chi connectivity index (χ0n) is 17.7. The van der Waals surface area contributed by atoms with E-state index in [0.717, 1.165) is 19.3 Å². The van der Waals surface area contributed by atoms with Crippen LogP contribution in [0.25, 0.3) is 0 Å². The number of hydrogen-bond acceptors (Lipinski definition) is 5. The van der Waals surface area contributed by atoms with Crippen molar-refractivity contribution in [3.63, 3.8) is 0 Å². The fourth-order valence-electron chi connectivity index (χ4n) is 3.59. The van der Waals surface area contributed by atoms with Crippen molar-refractivity contribution in [2.75, 3.05) is 13.1 Å². The van der Waals surface area contributed by atoms with Crippen LogP contribution in [0.4, 0.5) is 0 Å². The number of amides is 1. The molecule has 0 heterocycles. The number of hydrogen-bond donors (Lipinski definition) is 1. The number of rotatable bonds is 8. The highest BCUT2D eigenvalue weighted by molar-refractivity contribution is 7.89. The summed E-state index contributed by atoms with van der Waals surface area (Å²) in [5, 5.41) is 2.98. The molecule has 0 bridgehead atoms. The third-order valence-corrected chi connectivity index (χ3v) is 7.59. The van der Waals surface area contributed by atoms with Gasteiger partial charge in [-0.15, -0.1) is 0 Å². The van der Waals surface area contributed by atoms with Gasteiger partial charge in [0.15, 0.2) is 6.10 Å². The van der Waals surface area contributed by atoms with Crippen molar-refractivity contribution in [2.45, 2.75) is 70.4 Å². The Labute approximate surface area is 173 Å². The molecule has 0 spiro atoms. The van der Waals surface area contributed by atoms with E-state index in [1.54, 1.807) is 20.8 Å². The van der Waals surface area contributed by atoms with Crippen molar-refractivity contribution >= 4 is 21.9 Å². The normalized spacial score (nSPS) is 20.9. The zero-order chi connectivity index (χ0) is 21.6. The maximum atomic E-state index is 12.5. The number of nitrogens with one attached hydrogen (secondary N) is 1. The molecule has 1 aliphatic carbocycles. The SMILES string of the molecule is CCN(CC)S(=O)(=O)c1ccc(C(=O)O[C@H](C)C(=O)N[C@@H]2CCCC[C@@H]2C)cc1. The summed E-state index contributed by atoms with van der Waals surface area (Å²) >= 11 is 0. The van der Waals surface area contributed by atoms with E-state index in [9.17, 15) is 18.0 Å². The summed E-state index contributed by atoms with van der Waals surface area (Å²) in [5.74, 6) is -0.551. The summed E-state index contributed by atoms with van der Waals surface area (Å²) in [6.45, 7) is 7.94. The zero-order valence-corrected chi connectivity index (χ0v) is 18.5. The van der Waals surface area contributed by atoms with Crippen LogP contribution in [-0.4, -0.2) is 49.8 Å². The van der Waals surface area contributed by atoms with Gasteiger partial charge in [-0.1, -0.05) is 33.6 Å². The van der Waals surface area contributed by atoms with Gasteiger partial charge in [0, 0.05) is 19.1 Å². The summed E-state index contributed by atoms with van der Waals surface area (Å²) in [7, 11) is -3.58. The molecule has 0 aliphatic heterocycles. The number of benzene rings is 1. The van der Waals surface area contributed by atoms with Gasteiger partial charge in [0.05, 0.1) is 10.5 Å². The Morgan fingerprint density at radius 2 is 1.72 bits per heavy atom. The lowest BCUT2D eigenvalue weighted by atomic mass is 9.86. The van der Waals surface area contributed by atoms with Crippen LogP contribution in [0.2, 0.25) is 0 Å². The number of esters is 1. The summed E-state index contributed by atoms with van der Waals surface area (Å²) in [4.78, 5) is 24.9. The molecule has 1 aromatic rings. The minimum Gasteiger partial charge on any atom is -0.449 e. The molecule has 29 heavy (non-hydrogen) atoms. The maximum Gasteiger partial charge on any atom is 0.338 e. The molecule has 1 aliphatic rings. The molecule has 0 saturated heterocycles. The van der Waals surface area contributed by atoms with Gasteiger partial charge in [0.2, 0.25) is 10.0 Å². The van der Waals surface area contributed by atoms with Crippen LogP contribution >= 0.6 is 0 Å². The highest BCUT2D eigenvalue weighted by atomic mass is 32.2. The Balaban J connectivity index is 1.98. The van der Waals surface area contributed by atoms with Crippen LogP contribution in [0, 0.1) is 5.92 Å². The third kappa shape index (κ3) is 5.79. The Kier molecular flexibility index (Phi) is 8.22. The predicted octanol–water partition coefficient (Wildman–Crippen LogP) is 2.96. The number of ether oxygens (including phenoxy) is 1. The van der Waals surface area contributed by atoms with Crippen LogP contribution in [0.3, 0.4) is 0 Å². The largest absolute Gasteiger partial charge is 0.449 e. The molecule has 7 nitrogen and oxygen atoms in total. The van der Waals surface area contributed by atoms with E-state index in [2.05, 4.69) is 12.2 Å². The summed E-state index contributed by atoms with van der Waals surface area (Å²) in [6.07, 6.45) is 3.37. The van der Waals surface area contributed by atoms with E-state index in [-0.39, 0.29) is 22.4 Å². The van der Waals surface area contributed by atoms with Crippen LogP contribution in [0.1, 0.15) is 63.7 Å². The van der Waals surface area contributed by atoms with Gasteiger partial charge in [-0.25, -0.2) is 13.2 Å². The van der Waals surface area contributed by atoms with Gasteiger partial charge in [-0.3, -0.25) is 4.79 Å². The van der Waals surface area contributed by atoms with Crippen molar-refractivity contribution in [1.29, 1.82) is 0 Å². The lowest BCUT2D eigenvalue weighted by molar-refractivity contribution is -0.130. The van der Waals surface area contributed by atoms with Crippen molar-refractivity contribution in [3.8, 4) is 0 Å². The monoisotopic (exact) mass is 424 g/mol. The number of carbonyl (C=O) groups excluding carboxylic acids is 2. The van der Waals surface area contributed by atoms with Crippen LogP contribution in [-0.2, 0) is 19.6 Å². The van der Waals surface area contributed by atoms with Gasteiger partial charge in [-0.2, -0.15) is 4.31 Å². The van der Waals surface area contributed by atoms with Gasteiger partial charge >= 0.3 is 5.97 Å². The van der Waals surface area contributed by atoms with E-state index in [1.165, 1.54) is 35.0 Å². The van der Waals surface area contributed by atoms with Crippen molar-refractivity contribution in [1.82, 2.24) is 9.62 Å². The first-order chi connectivity index (χ1) is 13.7. The van der Waals surface area contributed by atoms with Crippen LogP contribution in [0.5, 0.6) is 0 Å². The molecule has 0 radical (unpaired) electrons. The average molecular weight is 425 g/mol. The molecule has 1 amide bonds. The minimum absolute atomic E-state index is 0.113. The molecular weight excluding hydrogens is 392 g/mol. The van der Waals surface area contributed by atoms with E-state index >= 15 is 0 Å². The summed E-state index contributed by atoms with van der Waals surface area (Å²) < 4.78 is 31.7. The first-order valence-electron chi connectivity index (χ1n) is 10.3. The highest BCUT2D eigenvalue weighted by Crippen LogP contribution is 2.24. The standard InChI is InChI=1S/C21H32N2O5S/c1-5-23(6-2)29(26,27)18-13-11-17(12-14-18)21(25)28-16(4)20(24)22-19-10-8-7-9-15(19)3/h11-16,19H,5-10H2,1-4H3,(H,22,24)/t15-,16+,19+/m0/s1. The van der Waals surface area contributed by atoms with Crippen molar-refractivity contribution in [2.24, 2.45) is 5.92 Å². The Morgan fingerprint density at radius 3 is 2.28 bits per heavy atom. The van der Waals surface area contributed by atoms with Crippen LogP contribution < -0.4 is 5.32 Å². The third-order valence-electron chi connectivity index (χ3n) is 5.53. The molecular formula is C21H32N2O5S.